The number of fused-ring (bicyclic) bond motifs is 1. The third-order valence-corrected chi connectivity index (χ3v) is 2.57. The standard InChI is InChI=1S/C12H11FO3/c1-7(12(14)15)5-8-6-16-10-4-2-3-9(13)11(8)10/h2-4,6-7H,5H2,1H3,(H,14,15). The van der Waals surface area contributed by atoms with E-state index in [1.54, 1.807) is 19.1 Å². The van der Waals surface area contributed by atoms with E-state index in [1.165, 1.54) is 12.3 Å². The highest BCUT2D eigenvalue weighted by Gasteiger charge is 2.17. The smallest absolute Gasteiger partial charge is 0.306 e. The molecule has 0 saturated heterocycles. The van der Waals surface area contributed by atoms with Crippen molar-refractivity contribution >= 4 is 16.9 Å². The lowest BCUT2D eigenvalue weighted by Gasteiger charge is -2.03. The van der Waals surface area contributed by atoms with Gasteiger partial charge in [0.15, 0.2) is 0 Å². The highest BCUT2D eigenvalue weighted by Crippen LogP contribution is 2.26. The van der Waals surface area contributed by atoms with Gasteiger partial charge >= 0.3 is 5.97 Å². The summed E-state index contributed by atoms with van der Waals surface area (Å²) in [7, 11) is 0. The second-order valence-electron chi connectivity index (χ2n) is 3.82. The Morgan fingerprint density at radius 2 is 2.31 bits per heavy atom. The minimum absolute atomic E-state index is 0.267. The number of halogens is 1. The zero-order valence-corrected chi connectivity index (χ0v) is 8.74. The fraction of sp³-hybridized carbons (Fsp3) is 0.250. The summed E-state index contributed by atoms with van der Waals surface area (Å²) in [5.74, 6) is -1.83. The third-order valence-electron chi connectivity index (χ3n) is 2.57. The summed E-state index contributed by atoms with van der Waals surface area (Å²) in [6, 6.07) is 4.56. The summed E-state index contributed by atoms with van der Waals surface area (Å²) in [6.07, 6.45) is 1.69. The molecule has 4 heteroatoms. The highest BCUT2D eigenvalue weighted by molar-refractivity contribution is 5.82. The molecule has 1 unspecified atom stereocenters. The topological polar surface area (TPSA) is 50.4 Å². The van der Waals surface area contributed by atoms with Crippen LogP contribution in [0.4, 0.5) is 4.39 Å². The molecule has 84 valence electrons. The maximum atomic E-state index is 13.5. The molecule has 1 aromatic carbocycles. The van der Waals surface area contributed by atoms with Crippen molar-refractivity contribution in [2.24, 2.45) is 5.92 Å². The van der Waals surface area contributed by atoms with E-state index in [1.807, 2.05) is 0 Å². The zero-order valence-electron chi connectivity index (χ0n) is 8.74. The normalized spacial score (nSPS) is 12.9. The van der Waals surface area contributed by atoms with Gasteiger partial charge in [-0.15, -0.1) is 0 Å². The van der Waals surface area contributed by atoms with Crippen molar-refractivity contribution in [3.63, 3.8) is 0 Å². The summed E-state index contributed by atoms with van der Waals surface area (Å²) in [5, 5.41) is 9.18. The van der Waals surface area contributed by atoms with E-state index < -0.39 is 11.9 Å². The van der Waals surface area contributed by atoms with Crippen LogP contribution in [-0.2, 0) is 11.2 Å². The molecule has 16 heavy (non-hydrogen) atoms. The molecule has 1 atom stereocenters. The van der Waals surface area contributed by atoms with Gasteiger partial charge in [-0.25, -0.2) is 4.39 Å². The first-order chi connectivity index (χ1) is 7.59. The van der Waals surface area contributed by atoms with Gasteiger partial charge < -0.3 is 9.52 Å². The fourth-order valence-electron chi connectivity index (χ4n) is 1.68. The Hall–Kier alpha value is -1.84. The number of carbonyl (C=O) groups is 1. The molecular weight excluding hydrogens is 211 g/mol. The van der Waals surface area contributed by atoms with Gasteiger partial charge in [0.2, 0.25) is 0 Å². The van der Waals surface area contributed by atoms with Crippen LogP contribution in [0.15, 0.2) is 28.9 Å². The third kappa shape index (κ3) is 1.78. The maximum absolute atomic E-state index is 13.5. The van der Waals surface area contributed by atoms with Crippen LogP contribution < -0.4 is 0 Å². The molecule has 0 aliphatic rings. The number of hydrogen-bond acceptors (Lipinski definition) is 2. The highest BCUT2D eigenvalue weighted by atomic mass is 19.1. The van der Waals surface area contributed by atoms with Crippen molar-refractivity contribution in [1.82, 2.24) is 0 Å². The van der Waals surface area contributed by atoms with Gasteiger partial charge in [-0.2, -0.15) is 0 Å². The van der Waals surface area contributed by atoms with Crippen molar-refractivity contribution in [2.75, 3.05) is 0 Å². The summed E-state index contributed by atoms with van der Waals surface area (Å²) >= 11 is 0. The van der Waals surface area contributed by atoms with Crippen molar-refractivity contribution in [3.05, 3.63) is 35.8 Å². The summed E-state index contributed by atoms with van der Waals surface area (Å²) in [4.78, 5) is 10.7. The number of hydrogen-bond donors (Lipinski definition) is 1. The molecule has 0 aliphatic heterocycles. The molecule has 2 aromatic rings. The van der Waals surface area contributed by atoms with E-state index >= 15 is 0 Å². The number of furan rings is 1. The first kappa shape index (κ1) is 10.7. The lowest BCUT2D eigenvalue weighted by Crippen LogP contribution is -2.12. The Kier molecular flexibility index (Phi) is 2.64. The Morgan fingerprint density at radius 3 is 3.00 bits per heavy atom. The molecule has 0 radical (unpaired) electrons. The molecule has 0 aliphatic carbocycles. The molecule has 0 saturated carbocycles. The lowest BCUT2D eigenvalue weighted by atomic mass is 10.0. The molecule has 1 N–H and O–H groups in total. The van der Waals surface area contributed by atoms with Gasteiger partial charge in [0.25, 0.3) is 0 Å². The minimum Gasteiger partial charge on any atom is -0.481 e. The van der Waals surface area contributed by atoms with Crippen LogP contribution in [0.25, 0.3) is 11.0 Å². The Balaban J connectivity index is 2.42. The SMILES string of the molecule is CC(Cc1coc2cccc(F)c12)C(=O)O. The van der Waals surface area contributed by atoms with Crippen LogP contribution in [0.1, 0.15) is 12.5 Å². The summed E-state index contributed by atoms with van der Waals surface area (Å²) < 4.78 is 18.7. The molecule has 0 bridgehead atoms. The molecule has 3 nitrogen and oxygen atoms in total. The minimum atomic E-state index is -0.898. The van der Waals surface area contributed by atoms with E-state index in [4.69, 9.17) is 9.52 Å². The van der Waals surface area contributed by atoms with Crippen molar-refractivity contribution < 1.29 is 18.7 Å². The Labute approximate surface area is 91.5 Å². The van der Waals surface area contributed by atoms with Crippen molar-refractivity contribution in [1.29, 1.82) is 0 Å². The van der Waals surface area contributed by atoms with Crippen LogP contribution >= 0.6 is 0 Å². The number of rotatable bonds is 3. The molecular formula is C12H11FO3. The predicted octanol–water partition coefficient (Wildman–Crippen LogP) is 2.84. The first-order valence-electron chi connectivity index (χ1n) is 4.97. The second-order valence-corrected chi connectivity index (χ2v) is 3.82. The number of aliphatic carboxylic acids is 1. The molecule has 0 fully saturated rings. The van der Waals surface area contributed by atoms with Gasteiger partial charge in [-0.05, 0) is 18.6 Å². The predicted molar refractivity (Wildman–Crippen MR) is 56.7 cm³/mol. The average molecular weight is 222 g/mol. The number of benzene rings is 1. The molecule has 2 rings (SSSR count). The molecule has 0 amide bonds. The lowest BCUT2D eigenvalue weighted by molar-refractivity contribution is -0.141. The van der Waals surface area contributed by atoms with Gasteiger partial charge in [0.05, 0.1) is 17.6 Å². The molecule has 0 spiro atoms. The maximum Gasteiger partial charge on any atom is 0.306 e. The largest absolute Gasteiger partial charge is 0.481 e. The Bertz CT molecular complexity index is 530. The van der Waals surface area contributed by atoms with Gasteiger partial charge in [-0.1, -0.05) is 13.0 Å². The second kappa shape index (κ2) is 3.96. The van der Waals surface area contributed by atoms with Crippen LogP contribution in [0.5, 0.6) is 0 Å². The van der Waals surface area contributed by atoms with E-state index in [-0.39, 0.29) is 12.2 Å². The van der Waals surface area contributed by atoms with Crippen LogP contribution in [0.3, 0.4) is 0 Å². The summed E-state index contributed by atoms with van der Waals surface area (Å²) in [6.45, 7) is 1.59. The zero-order chi connectivity index (χ0) is 11.7. The Morgan fingerprint density at radius 1 is 1.56 bits per heavy atom. The van der Waals surface area contributed by atoms with Crippen LogP contribution in [-0.4, -0.2) is 11.1 Å². The van der Waals surface area contributed by atoms with Crippen LogP contribution in [0.2, 0.25) is 0 Å². The van der Waals surface area contributed by atoms with E-state index in [2.05, 4.69) is 0 Å². The van der Waals surface area contributed by atoms with Crippen molar-refractivity contribution in [2.45, 2.75) is 13.3 Å². The molecule has 1 heterocycles. The monoisotopic (exact) mass is 222 g/mol. The van der Waals surface area contributed by atoms with E-state index in [9.17, 15) is 9.18 Å². The summed E-state index contributed by atoms with van der Waals surface area (Å²) in [5.41, 5.74) is 1.05. The molecule has 1 aromatic heterocycles. The van der Waals surface area contributed by atoms with E-state index in [0.717, 1.165) is 0 Å². The van der Waals surface area contributed by atoms with Crippen LogP contribution in [0, 0.1) is 11.7 Å². The van der Waals surface area contributed by atoms with Gasteiger partial charge in [-0.3, -0.25) is 4.79 Å². The van der Waals surface area contributed by atoms with Gasteiger partial charge in [0.1, 0.15) is 11.4 Å². The first-order valence-corrected chi connectivity index (χ1v) is 4.97. The van der Waals surface area contributed by atoms with Gasteiger partial charge in [0, 0.05) is 5.56 Å². The van der Waals surface area contributed by atoms with Crippen molar-refractivity contribution in [3.8, 4) is 0 Å². The quantitative estimate of drug-likeness (QED) is 0.868. The van der Waals surface area contributed by atoms with E-state index in [0.29, 0.717) is 16.5 Å². The fourth-order valence-corrected chi connectivity index (χ4v) is 1.68. The number of carboxylic acid groups (broad SMARTS) is 1. The average Bonchev–Trinajstić information content (AvgIpc) is 2.63. The number of carboxylic acids is 1.